The van der Waals surface area contributed by atoms with Crippen LogP contribution in [0.3, 0.4) is 0 Å². The summed E-state index contributed by atoms with van der Waals surface area (Å²) in [5.74, 6) is 2.93. The Morgan fingerprint density at radius 2 is 2.42 bits per heavy atom. The van der Waals surface area contributed by atoms with E-state index >= 15 is 0 Å². The number of hydrogen-bond donors (Lipinski definition) is 1. The van der Waals surface area contributed by atoms with Crippen molar-refractivity contribution in [2.24, 2.45) is 5.92 Å². The molecule has 0 saturated carbocycles. The number of aryl methyl sites for hydroxylation is 1. The van der Waals surface area contributed by atoms with Gasteiger partial charge in [0.1, 0.15) is 0 Å². The topological polar surface area (TPSA) is 40.5 Å². The summed E-state index contributed by atoms with van der Waals surface area (Å²) in [5, 5.41) is 8.98. The first-order chi connectivity index (χ1) is 9.28. The lowest BCUT2D eigenvalue weighted by molar-refractivity contribution is 0.0789. The lowest BCUT2D eigenvalue weighted by Gasteiger charge is -2.15. The van der Waals surface area contributed by atoms with Crippen LogP contribution in [0.4, 0.5) is 0 Å². The van der Waals surface area contributed by atoms with Gasteiger partial charge < -0.3 is 10.0 Å². The van der Waals surface area contributed by atoms with Crippen LogP contribution in [0.25, 0.3) is 0 Å². The van der Waals surface area contributed by atoms with Crippen molar-refractivity contribution in [1.29, 1.82) is 0 Å². The van der Waals surface area contributed by atoms with Gasteiger partial charge in [0, 0.05) is 30.3 Å². The number of thioether (sulfide) groups is 1. The van der Waals surface area contributed by atoms with E-state index in [0.29, 0.717) is 5.92 Å². The summed E-state index contributed by atoms with van der Waals surface area (Å²) in [4.78, 5) is 16.8. The van der Waals surface area contributed by atoms with Crippen LogP contribution in [0.5, 0.6) is 0 Å². The zero-order valence-corrected chi connectivity index (χ0v) is 12.6. The van der Waals surface area contributed by atoms with Crippen molar-refractivity contribution in [3.8, 4) is 0 Å². The number of aliphatic hydroxyl groups excluding tert-OH is 1. The quantitative estimate of drug-likeness (QED) is 0.931. The molecule has 1 unspecified atom stereocenters. The number of likely N-dealkylation sites (tertiary alicyclic amines) is 1. The van der Waals surface area contributed by atoms with Crippen molar-refractivity contribution >= 4 is 29.0 Å². The smallest absolute Gasteiger partial charge is 0.263 e. The summed E-state index contributed by atoms with van der Waals surface area (Å²) < 4.78 is 0. The number of carbonyl (C=O) groups excluding carboxylic acids is 1. The standard InChI is InChI=1S/C14H19NO2S2/c16-5-2-10-1-4-15(8-10)14(17)13-7-11-9-18-6-3-12(11)19-13/h7,10,16H,1-6,8-9H2. The number of carbonyl (C=O) groups is 1. The molecule has 3 rings (SSSR count). The second-order valence-electron chi connectivity index (χ2n) is 5.28. The molecule has 5 heteroatoms. The van der Waals surface area contributed by atoms with E-state index in [0.717, 1.165) is 43.0 Å². The maximum absolute atomic E-state index is 12.5. The third-order valence-electron chi connectivity index (χ3n) is 3.95. The van der Waals surface area contributed by atoms with E-state index in [9.17, 15) is 4.79 Å². The molecule has 1 saturated heterocycles. The Hall–Kier alpha value is -0.520. The first-order valence-corrected chi connectivity index (χ1v) is 8.84. The van der Waals surface area contributed by atoms with Gasteiger partial charge in [-0.05, 0) is 42.6 Å². The van der Waals surface area contributed by atoms with Gasteiger partial charge in [-0.3, -0.25) is 4.79 Å². The molecule has 0 aliphatic carbocycles. The molecule has 1 atom stereocenters. The summed E-state index contributed by atoms with van der Waals surface area (Å²) in [6.07, 6.45) is 2.97. The third-order valence-corrected chi connectivity index (χ3v) is 6.18. The second-order valence-corrected chi connectivity index (χ2v) is 7.52. The molecule has 1 amide bonds. The number of fused-ring (bicyclic) bond motifs is 1. The van der Waals surface area contributed by atoms with Crippen molar-refractivity contribution in [2.45, 2.75) is 25.0 Å². The van der Waals surface area contributed by atoms with Crippen LogP contribution in [0.2, 0.25) is 0 Å². The van der Waals surface area contributed by atoms with Crippen molar-refractivity contribution < 1.29 is 9.90 Å². The zero-order valence-electron chi connectivity index (χ0n) is 10.9. The van der Waals surface area contributed by atoms with Crippen LogP contribution in [-0.4, -0.2) is 41.4 Å². The van der Waals surface area contributed by atoms with E-state index in [1.54, 1.807) is 11.3 Å². The van der Waals surface area contributed by atoms with Crippen LogP contribution in [0, 0.1) is 5.92 Å². The maximum atomic E-state index is 12.5. The predicted octanol–water partition coefficient (Wildman–Crippen LogP) is 2.38. The second kappa shape index (κ2) is 5.85. The largest absolute Gasteiger partial charge is 0.396 e. The fraction of sp³-hybridized carbons (Fsp3) is 0.643. The molecule has 0 spiro atoms. The molecule has 104 valence electrons. The van der Waals surface area contributed by atoms with E-state index in [1.807, 2.05) is 16.7 Å². The number of aliphatic hydroxyl groups is 1. The fourth-order valence-electron chi connectivity index (χ4n) is 2.84. The van der Waals surface area contributed by atoms with Crippen LogP contribution in [0.15, 0.2) is 6.07 Å². The van der Waals surface area contributed by atoms with Crippen LogP contribution in [0.1, 0.15) is 33.0 Å². The molecule has 19 heavy (non-hydrogen) atoms. The Bertz CT molecular complexity index is 449. The minimum atomic E-state index is 0.199. The highest BCUT2D eigenvalue weighted by Gasteiger charge is 2.28. The highest BCUT2D eigenvalue weighted by Crippen LogP contribution is 2.33. The van der Waals surface area contributed by atoms with E-state index in [1.165, 1.54) is 16.2 Å². The van der Waals surface area contributed by atoms with Gasteiger partial charge in [-0.25, -0.2) is 0 Å². The monoisotopic (exact) mass is 297 g/mol. The fourth-order valence-corrected chi connectivity index (χ4v) is 5.18. The number of nitrogens with zero attached hydrogens (tertiary/aromatic N) is 1. The number of rotatable bonds is 3. The van der Waals surface area contributed by atoms with Gasteiger partial charge in [-0.15, -0.1) is 11.3 Å². The lowest BCUT2D eigenvalue weighted by atomic mass is 10.1. The molecular formula is C14H19NO2S2. The first kappa shape index (κ1) is 13.5. The summed E-state index contributed by atoms with van der Waals surface area (Å²) in [6, 6.07) is 2.11. The molecule has 2 aliphatic rings. The third kappa shape index (κ3) is 2.83. The molecule has 0 radical (unpaired) electrons. The van der Waals surface area contributed by atoms with E-state index in [-0.39, 0.29) is 12.5 Å². The summed E-state index contributed by atoms with van der Waals surface area (Å²) in [6.45, 7) is 1.90. The number of amides is 1. The Kier molecular flexibility index (Phi) is 4.15. The van der Waals surface area contributed by atoms with Crippen LogP contribution in [-0.2, 0) is 12.2 Å². The molecule has 0 aromatic carbocycles. The van der Waals surface area contributed by atoms with Gasteiger partial charge in [0.05, 0.1) is 4.88 Å². The molecule has 1 aromatic rings. The Morgan fingerprint density at radius 1 is 1.53 bits per heavy atom. The summed E-state index contributed by atoms with van der Waals surface area (Å²) >= 11 is 3.65. The Labute approximate surface area is 122 Å². The molecule has 1 N–H and O–H groups in total. The highest BCUT2D eigenvalue weighted by atomic mass is 32.2. The molecule has 1 fully saturated rings. The molecule has 0 bridgehead atoms. The minimum Gasteiger partial charge on any atom is -0.396 e. The van der Waals surface area contributed by atoms with Crippen LogP contribution < -0.4 is 0 Å². The SMILES string of the molecule is O=C(c1cc2c(s1)CCSC2)N1CCC(CCO)C1. The van der Waals surface area contributed by atoms with Crippen LogP contribution >= 0.6 is 23.1 Å². The normalized spacial score (nSPS) is 22.6. The molecule has 2 aliphatic heterocycles. The van der Waals surface area contributed by atoms with Gasteiger partial charge in [0.15, 0.2) is 0 Å². The Balaban J connectivity index is 1.69. The molecule has 3 heterocycles. The average Bonchev–Trinajstić information content (AvgIpc) is 3.04. The summed E-state index contributed by atoms with van der Waals surface area (Å²) in [5.41, 5.74) is 1.37. The summed E-state index contributed by atoms with van der Waals surface area (Å²) in [7, 11) is 0. The lowest BCUT2D eigenvalue weighted by Crippen LogP contribution is -2.28. The van der Waals surface area contributed by atoms with Gasteiger partial charge in [0.2, 0.25) is 0 Å². The maximum Gasteiger partial charge on any atom is 0.263 e. The Morgan fingerprint density at radius 3 is 3.21 bits per heavy atom. The van der Waals surface area contributed by atoms with Crippen molar-refractivity contribution in [1.82, 2.24) is 4.90 Å². The van der Waals surface area contributed by atoms with Gasteiger partial charge in [-0.2, -0.15) is 11.8 Å². The van der Waals surface area contributed by atoms with Gasteiger partial charge >= 0.3 is 0 Å². The zero-order chi connectivity index (χ0) is 13.2. The van der Waals surface area contributed by atoms with Crippen molar-refractivity contribution in [2.75, 3.05) is 25.4 Å². The first-order valence-electron chi connectivity index (χ1n) is 6.87. The molecule has 3 nitrogen and oxygen atoms in total. The van der Waals surface area contributed by atoms with Gasteiger partial charge in [-0.1, -0.05) is 0 Å². The van der Waals surface area contributed by atoms with E-state index in [4.69, 9.17) is 5.11 Å². The predicted molar refractivity (Wildman–Crippen MR) is 79.9 cm³/mol. The average molecular weight is 297 g/mol. The van der Waals surface area contributed by atoms with E-state index < -0.39 is 0 Å². The number of thiophene rings is 1. The molecular weight excluding hydrogens is 278 g/mol. The highest BCUT2D eigenvalue weighted by molar-refractivity contribution is 7.98. The van der Waals surface area contributed by atoms with Crippen molar-refractivity contribution in [3.05, 3.63) is 21.4 Å². The molecule has 1 aromatic heterocycles. The van der Waals surface area contributed by atoms with Crippen molar-refractivity contribution in [3.63, 3.8) is 0 Å². The van der Waals surface area contributed by atoms with Gasteiger partial charge in [0.25, 0.3) is 5.91 Å². The minimum absolute atomic E-state index is 0.199. The number of hydrogen-bond acceptors (Lipinski definition) is 4. The van der Waals surface area contributed by atoms with E-state index in [2.05, 4.69) is 6.07 Å².